The lowest BCUT2D eigenvalue weighted by Gasteiger charge is -2.34. The van der Waals surface area contributed by atoms with E-state index in [4.69, 9.17) is 22.2 Å². The summed E-state index contributed by atoms with van der Waals surface area (Å²) in [6.45, 7) is 0.0457. The number of fused-ring (bicyclic) bond motifs is 1. The summed E-state index contributed by atoms with van der Waals surface area (Å²) in [5.41, 5.74) is 2.99. The van der Waals surface area contributed by atoms with Gasteiger partial charge in [-0.25, -0.2) is 5.84 Å². The smallest absolute Gasteiger partial charge is 0.276 e. The molecule has 0 spiro atoms. The number of nitrogens with one attached hydrogen (secondary N) is 1. The predicted octanol–water partition coefficient (Wildman–Crippen LogP) is 1.74. The van der Waals surface area contributed by atoms with E-state index in [1.807, 2.05) is 5.43 Å². The maximum Gasteiger partial charge on any atom is 0.276 e. The molecule has 0 bridgehead atoms. The highest BCUT2D eigenvalue weighted by atomic mass is 35.5. The summed E-state index contributed by atoms with van der Waals surface area (Å²) in [7, 11) is 0. The predicted molar refractivity (Wildman–Crippen MR) is 86.3 cm³/mol. The highest BCUT2D eigenvalue weighted by molar-refractivity contribution is 6.34. The third kappa shape index (κ3) is 2.86. The van der Waals surface area contributed by atoms with Crippen LogP contribution in [0.15, 0.2) is 48.5 Å². The van der Waals surface area contributed by atoms with Gasteiger partial charge in [-0.15, -0.1) is 0 Å². The van der Waals surface area contributed by atoms with E-state index in [1.165, 1.54) is 4.90 Å². The van der Waals surface area contributed by atoms with Crippen LogP contribution in [0.2, 0.25) is 5.02 Å². The van der Waals surface area contributed by atoms with Crippen LogP contribution in [0.3, 0.4) is 0 Å². The number of para-hydroxylation sites is 2. The molecule has 3 N–H and O–H groups in total. The molecule has 7 heteroatoms. The van der Waals surface area contributed by atoms with Gasteiger partial charge < -0.3 is 9.64 Å². The number of nitrogens with zero attached hydrogens (tertiary/aromatic N) is 1. The van der Waals surface area contributed by atoms with Gasteiger partial charge in [0.05, 0.1) is 22.8 Å². The fraction of sp³-hybridized carbons (Fsp3) is 0.125. The lowest BCUT2D eigenvalue weighted by atomic mass is 10.1. The molecule has 1 aliphatic heterocycles. The Bertz CT molecular complexity index is 766. The van der Waals surface area contributed by atoms with E-state index < -0.39 is 12.0 Å². The van der Waals surface area contributed by atoms with E-state index in [1.54, 1.807) is 48.5 Å². The van der Waals surface area contributed by atoms with Crippen molar-refractivity contribution >= 4 is 29.1 Å². The Balaban J connectivity index is 2.01. The highest BCUT2D eigenvalue weighted by Crippen LogP contribution is 2.34. The number of hydrogen-bond acceptors (Lipinski definition) is 4. The van der Waals surface area contributed by atoms with E-state index in [9.17, 15) is 9.59 Å². The Morgan fingerprint density at radius 2 is 1.87 bits per heavy atom. The Hall–Kier alpha value is -2.57. The van der Waals surface area contributed by atoms with Crippen molar-refractivity contribution in [3.05, 3.63) is 59.1 Å². The summed E-state index contributed by atoms with van der Waals surface area (Å²) in [4.78, 5) is 26.2. The van der Waals surface area contributed by atoms with Crippen molar-refractivity contribution in [3.8, 4) is 5.75 Å². The van der Waals surface area contributed by atoms with Crippen LogP contribution in [-0.2, 0) is 4.79 Å². The van der Waals surface area contributed by atoms with Gasteiger partial charge in [-0.1, -0.05) is 35.9 Å². The first-order chi connectivity index (χ1) is 11.1. The molecule has 2 aromatic carbocycles. The van der Waals surface area contributed by atoms with Crippen LogP contribution in [0.25, 0.3) is 0 Å². The van der Waals surface area contributed by atoms with Crippen molar-refractivity contribution in [1.29, 1.82) is 0 Å². The summed E-state index contributed by atoms with van der Waals surface area (Å²) >= 11 is 6.11. The molecule has 118 valence electrons. The number of hydrogen-bond donors (Lipinski definition) is 2. The van der Waals surface area contributed by atoms with Crippen LogP contribution < -0.4 is 20.9 Å². The van der Waals surface area contributed by atoms with E-state index in [0.717, 1.165) is 0 Å². The molecule has 1 aliphatic rings. The maximum atomic E-state index is 12.9. The van der Waals surface area contributed by atoms with Crippen molar-refractivity contribution in [2.75, 3.05) is 11.4 Å². The van der Waals surface area contributed by atoms with Gasteiger partial charge in [-0.05, 0) is 24.3 Å². The Morgan fingerprint density at radius 1 is 1.17 bits per heavy atom. The van der Waals surface area contributed by atoms with Gasteiger partial charge >= 0.3 is 0 Å². The third-order valence-corrected chi connectivity index (χ3v) is 3.89. The molecule has 23 heavy (non-hydrogen) atoms. The molecular weight excluding hydrogens is 318 g/mol. The summed E-state index contributed by atoms with van der Waals surface area (Å²) in [5, 5.41) is 0.348. The molecule has 0 aliphatic carbocycles. The number of ether oxygens (including phenoxy) is 1. The molecular formula is C16H14ClN3O3. The third-order valence-electron chi connectivity index (χ3n) is 3.56. The number of amides is 2. The normalized spacial score (nSPS) is 16.3. The number of carbonyl (C=O) groups excluding carboxylic acids is 2. The molecule has 0 saturated heterocycles. The first kappa shape index (κ1) is 15.3. The van der Waals surface area contributed by atoms with Crippen LogP contribution in [0.5, 0.6) is 5.75 Å². The molecule has 2 aromatic rings. The minimum Gasteiger partial charge on any atom is -0.476 e. The van der Waals surface area contributed by atoms with Gasteiger partial charge in [0.15, 0.2) is 6.10 Å². The molecule has 3 rings (SSSR count). The zero-order chi connectivity index (χ0) is 16.4. The number of nitrogens with two attached hydrogens (primary N) is 1. The number of anilines is 1. The van der Waals surface area contributed by atoms with E-state index in [0.29, 0.717) is 22.0 Å². The number of carbonyl (C=O) groups is 2. The Morgan fingerprint density at radius 3 is 2.61 bits per heavy atom. The first-order valence-corrected chi connectivity index (χ1v) is 7.32. The van der Waals surface area contributed by atoms with Crippen molar-refractivity contribution < 1.29 is 14.3 Å². The van der Waals surface area contributed by atoms with Crippen molar-refractivity contribution in [1.82, 2.24) is 5.43 Å². The summed E-state index contributed by atoms with van der Waals surface area (Å²) < 4.78 is 5.61. The van der Waals surface area contributed by atoms with Gasteiger partial charge in [0.25, 0.3) is 11.8 Å². The first-order valence-electron chi connectivity index (χ1n) is 6.94. The molecule has 2 amide bonds. The SMILES string of the molecule is NNC(=O)[C@@H]1CN(C(=O)c2ccccc2Cl)c2ccccc2O1. The number of benzene rings is 2. The van der Waals surface area contributed by atoms with Crippen LogP contribution in [0.4, 0.5) is 5.69 Å². The quantitative estimate of drug-likeness (QED) is 0.498. The van der Waals surface area contributed by atoms with E-state index >= 15 is 0 Å². The Kier molecular flexibility index (Phi) is 4.18. The second-order valence-electron chi connectivity index (χ2n) is 4.98. The van der Waals surface area contributed by atoms with Gasteiger partial charge in [0.1, 0.15) is 5.75 Å². The molecule has 6 nitrogen and oxygen atoms in total. The fourth-order valence-corrected chi connectivity index (χ4v) is 2.65. The minimum absolute atomic E-state index is 0.0457. The number of halogens is 1. The second-order valence-corrected chi connectivity index (χ2v) is 5.39. The Labute approximate surface area is 137 Å². The largest absolute Gasteiger partial charge is 0.476 e. The second kappa shape index (κ2) is 6.28. The van der Waals surface area contributed by atoms with Gasteiger partial charge in [-0.2, -0.15) is 0 Å². The van der Waals surface area contributed by atoms with Crippen molar-refractivity contribution in [3.63, 3.8) is 0 Å². The fourth-order valence-electron chi connectivity index (χ4n) is 2.44. The summed E-state index contributed by atoms with van der Waals surface area (Å²) in [6.07, 6.45) is -0.888. The van der Waals surface area contributed by atoms with E-state index in [2.05, 4.69) is 0 Å². The van der Waals surface area contributed by atoms with Gasteiger partial charge in [0.2, 0.25) is 0 Å². The van der Waals surface area contributed by atoms with Crippen LogP contribution >= 0.6 is 11.6 Å². The topological polar surface area (TPSA) is 84.7 Å². The van der Waals surface area contributed by atoms with Crippen molar-refractivity contribution in [2.24, 2.45) is 5.84 Å². The standard InChI is InChI=1S/C16H14ClN3O3/c17-11-6-2-1-5-10(11)16(22)20-9-14(15(21)19-18)23-13-8-4-3-7-12(13)20/h1-8,14H,9,18H2,(H,19,21)/t14-/m0/s1. The van der Waals surface area contributed by atoms with Crippen LogP contribution in [0.1, 0.15) is 10.4 Å². The maximum absolute atomic E-state index is 12.9. The summed E-state index contributed by atoms with van der Waals surface area (Å²) in [6, 6.07) is 13.8. The zero-order valence-electron chi connectivity index (χ0n) is 12.0. The van der Waals surface area contributed by atoms with E-state index in [-0.39, 0.29) is 12.5 Å². The number of rotatable bonds is 2. The van der Waals surface area contributed by atoms with Crippen molar-refractivity contribution in [2.45, 2.75) is 6.10 Å². The molecule has 1 heterocycles. The van der Waals surface area contributed by atoms with Crippen LogP contribution in [0, 0.1) is 0 Å². The summed E-state index contributed by atoms with van der Waals surface area (Å²) in [5.74, 6) is 4.81. The average molecular weight is 332 g/mol. The average Bonchev–Trinajstić information content (AvgIpc) is 2.60. The highest BCUT2D eigenvalue weighted by Gasteiger charge is 2.34. The van der Waals surface area contributed by atoms with Gasteiger partial charge in [0, 0.05) is 0 Å². The zero-order valence-corrected chi connectivity index (χ0v) is 12.8. The lowest BCUT2D eigenvalue weighted by molar-refractivity contribution is -0.127. The minimum atomic E-state index is -0.888. The molecule has 0 radical (unpaired) electrons. The number of hydrazine groups is 1. The van der Waals surface area contributed by atoms with Gasteiger partial charge in [-0.3, -0.25) is 15.0 Å². The molecule has 0 unspecified atom stereocenters. The lowest BCUT2D eigenvalue weighted by Crippen LogP contribution is -2.52. The molecule has 1 atom stereocenters. The molecule has 0 saturated carbocycles. The monoisotopic (exact) mass is 331 g/mol. The molecule has 0 aromatic heterocycles. The van der Waals surface area contributed by atoms with Crippen LogP contribution in [-0.4, -0.2) is 24.5 Å². The molecule has 0 fully saturated rings.